The normalized spacial score (nSPS) is 1.85. The first-order valence-corrected chi connectivity index (χ1v) is 1.82. The van der Waals surface area contributed by atoms with Crippen molar-refractivity contribution in [1.29, 1.82) is 0 Å². The molecule has 0 rings (SSSR count). The Morgan fingerprint density at radius 1 is 0.615 bits per heavy atom. The zero-order valence-electron chi connectivity index (χ0n) is 5.89. The van der Waals surface area contributed by atoms with Crippen LogP contribution in [0.4, 0.5) is 0 Å². The van der Waals surface area contributed by atoms with Gasteiger partial charge in [-0.25, -0.2) is 0 Å². The summed E-state index contributed by atoms with van der Waals surface area (Å²) in [5.41, 5.74) is 20.0. The Kier molecular flexibility index (Phi) is 47500. The summed E-state index contributed by atoms with van der Waals surface area (Å²) in [6, 6.07) is 0. The van der Waals surface area contributed by atoms with Crippen LogP contribution in [0.5, 0.6) is 0 Å². The minimum Gasteiger partial charge on any atom is -0.680 e. The van der Waals surface area contributed by atoms with E-state index in [0.29, 0.717) is 0 Å². The largest absolute Gasteiger partial charge is 4.00 e. The molecule has 0 unspecified atom stereocenters. The maximum Gasteiger partial charge on any atom is 4.00 e. The summed E-state index contributed by atoms with van der Waals surface area (Å²) >= 11 is 0. The SMILES string of the molecule is C.C.C.C.C[NH-].C[NH-].[CH2-]N.[CH2-]N.[Pt+4]. The van der Waals surface area contributed by atoms with E-state index in [2.05, 4.69) is 25.6 Å². The Morgan fingerprint density at radius 3 is 0.615 bits per heavy atom. The van der Waals surface area contributed by atoms with Gasteiger partial charge in [0.25, 0.3) is 0 Å². The topological polar surface area (TPSA) is 99.6 Å². The van der Waals surface area contributed by atoms with E-state index in [-0.39, 0.29) is 50.8 Å². The molecule has 0 bridgehead atoms. The van der Waals surface area contributed by atoms with Crippen molar-refractivity contribution in [3.05, 3.63) is 25.6 Å². The van der Waals surface area contributed by atoms with Gasteiger partial charge in [-0.3, -0.25) is 14.1 Å². The third-order valence-corrected chi connectivity index (χ3v) is 0. The maximum atomic E-state index is 5.75. The first kappa shape index (κ1) is 104. The van der Waals surface area contributed by atoms with Crippen LogP contribution in [-0.4, -0.2) is 14.1 Å². The summed E-state index contributed by atoms with van der Waals surface area (Å²) in [6.45, 7) is 0. The van der Waals surface area contributed by atoms with E-state index in [0.717, 1.165) is 0 Å². The van der Waals surface area contributed by atoms with Crippen molar-refractivity contribution >= 4 is 0 Å². The summed E-state index contributed by atoms with van der Waals surface area (Å²) < 4.78 is 0. The van der Waals surface area contributed by atoms with Crippen LogP contribution in [0.1, 0.15) is 29.7 Å². The van der Waals surface area contributed by atoms with Crippen LogP contribution in [0, 0.1) is 14.1 Å². The van der Waals surface area contributed by atoms with Gasteiger partial charge in [0.05, 0.1) is 0 Å². The van der Waals surface area contributed by atoms with Crippen LogP contribution >= 0.6 is 0 Å². The first-order valence-electron chi connectivity index (χ1n) is 1.82. The molecule has 4 nitrogen and oxygen atoms in total. The fourth-order valence-electron chi connectivity index (χ4n) is 0. The Balaban J connectivity index is -0.00000000208. The van der Waals surface area contributed by atoms with E-state index in [4.69, 9.17) is 11.5 Å². The van der Waals surface area contributed by atoms with Crippen molar-refractivity contribution in [2.75, 3.05) is 14.1 Å². The molecule has 0 radical (unpaired) electrons. The monoisotopic (exact) mass is 379 g/mol. The molecule has 94 valence electrons. The molecule has 0 heterocycles. The molecule has 0 spiro atoms. The average molecular weight is 379 g/mol. The first-order chi connectivity index (χ1) is 4.00. The van der Waals surface area contributed by atoms with Crippen molar-refractivity contribution in [3.8, 4) is 0 Å². The van der Waals surface area contributed by atoms with Crippen molar-refractivity contribution in [2.45, 2.75) is 29.7 Å². The third-order valence-electron chi connectivity index (χ3n) is 0. The van der Waals surface area contributed by atoms with Gasteiger partial charge >= 0.3 is 21.1 Å². The predicted octanol–water partition coefficient (Wildman–Crippen LogP) is 3.35. The molecular formula is C8H32N4Pt. The molecule has 0 aromatic rings. The summed E-state index contributed by atoms with van der Waals surface area (Å²) in [4.78, 5) is 0. The molecule has 0 atom stereocenters. The van der Waals surface area contributed by atoms with Crippen molar-refractivity contribution in [3.63, 3.8) is 0 Å². The summed E-state index contributed by atoms with van der Waals surface area (Å²) in [5, 5.41) is 0. The Labute approximate surface area is 102 Å². The minimum atomic E-state index is 0. The smallest absolute Gasteiger partial charge is 0.680 e. The second-order valence-electron chi connectivity index (χ2n) is 0. The van der Waals surface area contributed by atoms with Crippen LogP contribution in [0.2, 0.25) is 0 Å². The van der Waals surface area contributed by atoms with Crippen molar-refractivity contribution < 1.29 is 21.1 Å². The Bertz CT molecular complexity index is 16.1. The van der Waals surface area contributed by atoms with Gasteiger partial charge in [0.1, 0.15) is 0 Å². The minimum absolute atomic E-state index is 0. The summed E-state index contributed by atoms with van der Waals surface area (Å²) in [6.07, 6.45) is 0. The maximum absolute atomic E-state index is 5.75. The standard InChI is InChI=1S/4CH4N.4CH4.Pt/c4*1-2;;;;;/h2*2H,1H3;2*1-2H2;4*1H4;/q4*-1;;;;;+4. The molecule has 0 saturated carbocycles. The third kappa shape index (κ3) is 4980. The van der Waals surface area contributed by atoms with Crippen LogP contribution in [0.25, 0.3) is 11.5 Å². The Hall–Kier alpha value is 0.528. The zero-order chi connectivity index (χ0) is 8.00. The fraction of sp³-hybridized carbons (Fsp3) is 0.750. The molecule has 0 aliphatic carbocycles. The van der Waals surface area contributed by atoms with Crippen molar-refractivity contribution in [1.82, 2.24) is 0 Å². The van der Waals surface area contributed by atoms with Crippen molar-refractivity contribution in [2.24, 2.45) is 11.5 Å². The van der Waals surface area contributed by atoms with Gasteiger partial charge in [-0.2, -0.15) is 14.1 Å². The molecule has 0 aromatic carbocycles. The Morgan fingerprint density at radius 2 is 0.615 bits per heavy atom. The van der Waals surface area contributed by atoms with E-state index in [1.807, 2.05) is 0 Å². The van der Waals surface area contributed by atoms with E-state index in [1.54, 1.807) is 0 Å². The molecule has 0 fully saturated rings. The van der Waals surface area contributed by atoms with Gasteiger partial charge < -0.3 is 22.9 Å². The predicted molar refractivity (Wildman–Crippen MR) is 66.5 cm³/mol. The molecule has 0 aliphatic heterocycles. The average Bonchev–Trinajstić information content (AvgIpc) is 2.03. The summed E-state index contributed by atoms with van der Waals surface area (Å²) in [7, 11) is 8.00. The van der Waals surface area contributed by atoms with Crippen LogP contribution in [-0.2, 0) is 21.1 Å². The van der Waals surface area contributed by atoms with Gasteiger partial charge in [0, 0.05) is 0 Å². The van der Waals surface area contributed by atoms with E-state index in [9.17, 15) is 0 Å². The number of nitrogens with two attached hydrogens (primary N) is 2. The van der Waals surface area contributed by atoms with Gasteiger partial charge in [-0.1, -0.05) is 29.7 Å². The quantitative estimate of drug-likeness (QED) is 0.631. The van der Waals surface area contributed by atoms with Gasteiger partial charge in [-0.05, 0) is 0 Å². The van der Waals surface area contributed by atoms with Crippen LogP contribution in [0.15, 0.2) is 0 Å². The number of hydrogen-bond acceptors (Lipinski definition) is 2. The second kappa shape index (κ2) is 5970. The van der Waals surface area contributed by atoms with Gasteiger partial charge in [0.15, 0.2) is 0 Å². The molecule has 0 aliphatic rings. The van der Waals surface area contributed by atoms with Crippen LogP contribution < -0.4 is 11.5 Å². The molecular weight excluding hydrogens is 347 g/mol. The fourth-order valence-corrected chi connectivity index (χ4v) is 0. The van der Waals surface area contributed by atoms with E-state index >= 15 is 0 Å². The number of rotatable bonds is 0. The number of nitrogens with one attached hydrogen (secondary N) is 2. The van der Waals surface area contributed by atoms with Gasteiger partial charge in [0.2, 0.25) is 0 Å². The van der Waals surface area contributed by atoms with Gasteiger partial charge in [-0.15, -0.1) is 0 Å². The number of hydrogen-bond donors (Lipinski definition) is 2. The van der Waals surface area contributed by atoms with E-state index < -0.39 is 0 Å². The zero-order valence-corrected chi connectivity index (χ0v) is 8.16. The second-order valence-corrected chi connectivity index (χ2v) is 0. The van der Waals surface area contributed by atoms with Crippen LogP contribution in [0.3, 0.4) is 0 Å². The van der Waals surface area contributed by atoms with E-state index in [1.165, 1.54) is 14.1 Å². The molecule has 6 N–H and O–H groups in total. The molecule has 13 heavy (non-hydrogen) atoms. The molecule has 0 saturated heterocycles. The summed E-state index contributed by atoms with van der Waals surface area (Å²) in [5.74, 6) is 0. The molecule has 5 heteroatoms. The molecule has 0 amide bonds. The molecule has 0 aromatic heterocycles.